The van der Waals surface area contributed by atoms with E-state index in [-0.39, 0.29) is 0 Å². The molecule has 2 aromatic rings. The zero-order valence-corrected chi connectivity index (χ0v) is 14.6. The third kappa shape index (κ3) is 2.74. The highest BCUT2D eigenvalue weighted by molar-refractivity contribution is 6.61. The van der Waals surface area contributed by atoms with Crippen LogP contribution in [0.25, 0.3) is 5.69 Å². The molecule has 1 aromatic carbocycles. The summed E-state index contributed by atoms with van der Waals surface area (Å²) in [7, 11) is 0.711. The Hall–Kier alpha value is -2.12. The SMILES string of the molecule is COC(=O)c1cc(B2OC(C)(C)C(C)(C)O2)nn1-c1ccccc1. The third-order valence-corrected chi connectivity index (χ3v) is 4.62. The smallest absolute Gasteiger partial charge is 0.464 e. The Morgan fingerprint density at radius 1 is 1.12 bits per heavy atom. The lowest BCUT2D eigenvalue weighted by molar-refractivity contribution is 0.00578. The molecule has 0 unspecified atom stereocenters. The summed E-state index contributed by atoms with van der Waals surface area (Å²) in [5.74, 6) is -0.464. The molecule has 6 nitrogen and oxygen atoms in total. The summed E-state index contributed by atoms with van der Waals surface area (Å²) in [6, 6.07) is 11.1. The molecule has 1 aromatic heterocycles. The van der Waals surface area contributed by atoms with Gasteiger partial charge in [-0.1, -0.05) is 18.2 Å². The molecule has 1 aliphatic heterocycles. The molecule has 0 atom stereocenters. The highest BCUT2D eigenvalue weighted by Gasteiger charge is 2.53. The molecule has 126 valence electrons. The standard InChI is InChI=1S/C17H21BN2O4/c1-16(2)17(3,4)24-18(23-16)14-11-13(15(21)22-5)20(19-14)12-9-7-6-8-10-12/h6-11H,1-5H3. The minimum Gasteiger partial charge on any atom is -0.464 e. The van der Waals surface area contributed by atoms with Gasteiger partial charge >= 0.3 is 13.1 Å². The zero-order valence-electron chi connectivity index (χ0n) is 14.6. The fraction of sp³-hybridized carbons (Fsp3) is 0.412. The second-order valence-corrected chi connectivity index (χ2v) is 6.78. The summed E-state index contributed by atoms with van der Waals surface area (Å²) in [5, 5.41) is 4.53. The largest absolute Gasteiger partial charge is 0.516 e. The van der Waals surface area contributed by atoms with Crippen molar-refractivity contribution in [3.63, 3.8) is 0 Å². The van der Waals surface area contributed by atoms with Gasteiger partial charge in [0.1, 0.15) is 0 Å². The first-order chi connectivity index (χ1) is 11.2. The number of esters is 1. The number of rotatable bonds is 3. The van der Waals surface area contributed by atoms with Gasteiger partial charge in [-0.2, -0.15) is 5.10 Å². The molecule has 7 heteroatoms. The lowest BCUT2D eigenvalue weighted by Crippen LogP contribution is -2.41. The number of carbonyl (C=O) groups excluding carboxylic acids is 1. The zero-order chi connectivity index (χ0) is 17.5. The molecule has 0 spiro atoms. The Morgan fingerprint density at radius 3 is 2.25 bits per heavy atom. The monoisotopic (exact) mass is 328 g/mol. The number of ether oxygens (including phenoxy) is 1. The van der Waals surface area contributed by atoms with Gasteiger partial charge in [0.25, 0.3) is 0 Å². The summed E-state index contributed by atoms with van der Waals surface area (Å²) in [6.45, 7) is 7.90. The molecular formula is C17H21BN2O4. The van der Waals surface area contributed by atoms with Gasteiger partial charge in [-0.3, -0.25) is 0 Å². The predicted octanol–water partition coefficient (Wildman–Crippen LogP) is 1.96. The number of methoxy groups -OCH3 is 1. The van der Waals surface area contributed by atoms with Crippen LogP contribution in [-0.2, 0) is 14.0 Å². The van der Waals surface area contributed by atoms with Crippen molar-refractivity contribution in [1.82, 2.24) is 9.78 Å². The van der Waals surface area contributed by atoms with Crippen LogP contribution in [0.3, 0.4) is 0 Å². The topological polar surface area (TPSA) is 62.6 Å². The van der Waals surface area contributed by atoms with E-state index in [4.69, 9.17) is 14.0 Å². The number of benzene rings is 1. The average molecular weight is 328 g/mol. The maximum absolute atomic E-state index is 12.1. The van der Waals surface area contributed by atoms with E-state index in [1.54, 1.807) is 10.7 Å². The molecule has 0 N–H and O–H groups in total. The van der Waals surface area contributed by atoms with E-state index in [1.165, 1.54) is 7.11 Å². The Balaban J connectivity index is 2.03. The van der Waals surface area contributed by atoms with E-state index < -0.39 is 24.3 Å². The highest BCUT2D eigenvalue weighted by atomic mass is 16.7. The number of aromatic nitrogens is 2. The predicted molar refractivity (Wildman–Crippen MR) is 90.6 cm³/mol. The molecule has 2 heterocycles. The van der Waals surface area contributed by atoms with E-state index in [1.807, 2.05) is 58.0 Å². The summed E-state index contributed by atoms with van der Waals surface area (Å²) in [4.78, 5) is 12.1. The van der Waals surface area contributed by atoms with Crippen LogP contribution in [0.2, 0.25) is 0 Å². The Morgan fingerprint density at radius 2 is 1.71 bits per heavy atom. The van der Waals surface area contributed by atoms with Gasteiger partial charge in [-0.25, -0.2) is 9.48 Å². The second kappa shape index (κ2) is 5.75. The van der Waals surface area contributed by atoms with Crippen LogP contribution in [0.4, 0.5) is 0 Å². The average Bonchev–Trinajstić information content (AvgIpc) is 3.07. The van der Waals surface area contributed by atoms with E-state index in [0.29, 0.717) is 11.3 Å². The van der Waals surface area contributed by atoms with Gasteiger partial charge < -0.3 is 14.0 Å². The molecular weight excluding hydrogens is 307 g/mol. The van der Waals surface area contributed by atoms with Crippen LogP contribution < -0.4 is 5.59 Å². The van der Waals surface area contributed by atoms with Gasteiger partial charge in [0.2, 0.25) is 0 Å². The van der Waals surface area contributed by atoms with E-state index in [2.05, 4.69) is 5.10 Å². The van der Waals surface area contributed by atoms with E-state index in [0.717, 1.165) is 5.69 Å². The molecule has 24 heavy (non-hydrogen) atoms. The van der Waals surface area contributed by atoms with E-state index in [9.17, 15) is 4.79 Å². The lowest BCUT2D eigenvalue weighted by Gasteiger charge is -2.32. The van der Waals surface area contributed by atoms with Gasteiger partial charge in [-0.15, -0.1) is 0 Å². The third-order valence-electron chi connectivity index (χ3n) is 4.62. The molecule has 0 aliphatic carbocycles. The molecule has 0 amide bonds. The van der Waals surface area contributed by atoms with Crippen molar-refractivity contribution >= 4 is 18.7 Å². The van der Waals surface area contributed by atoms with E-state index >= 15 is 0 Å². The van der Waals surface area contributed by atoms with Crippen LogP contribution in [0.5, 0.6) is 0 Å². The lowest BCUT2D eigenvalue weighted by atomic mass is 9.85. The molecule has 1 saturated heterocycles. The van der Waals surface area contributed by atoms with Crippen molar-refractivity contribution in [3.8, 4) is 5.69 Å². The van der Waals surface area contributed by atoms with Gasteiger partial charge in [0.05, 0.1) is 29.6 Å². The van der Waals surface area contributed by atoms with Crippen LogP contribution in [0, 0.1) is 0 Å². The number of hydrogen-bond donors (Lipinski definition) is 0. The minimum absolute atomic E-state index is 0.327. The van der Waals surface area contributed by atoms with Crippen molar-refractivity contribution in [2.75, 3.05) is 7.11 Å². The van der Waals surface area contributed by atoms with Gasteiger partial charge in [0, 0.05) is 0 Å². The summed E-state index contributed by atoms with van der Waals surface area (Å²) < 4.78 is 18.5. The van der Waals surface area contributed by atoms with Crippen molar-refractivity contribution < 1.29 is 18.8 Å². The number of para-hydroxylation sites is 1. The Bertz CT molecular complexity index is 739. The van der Waals surface area contributed by atoms with Crippen molar-refractivity contribution in [2.24, 2.45) is 0 Å². The van der Waals surface area contributed by atoms with Gasteiger partial charge in [-0.05, 0) is 45.9 Å². The number of nitrogens with zero attached hydrogens (tertiary/aromatic N) is 2. The summed E-state index contributed by atoms with van der Waals surface area (Å²) >= 11 is 0. The van der Waals surface area contributed by atoms with Crippen LogP contribution in [-0.4, -0.2) is 41.2 Å². The van der Waals surface area contributed by atoms with Crippen molar-refractivity contribution in [2.45, 2.75) is 38.9 Å². The highest BCUT2D eigenvalue weighted by Crippen LogP contribution is 2.36. The van der Waals surface area contributed by atoms with Crippen molar-refractivity contribution in [3.05, 3.63) is 42.1 Å². The Labute approximate surface area is 141 Å². The summed E-state index contributed by atoms with van der Waals surface area (Å²) in [6.07, 6.45) is 0. The molecule has 0 bridgehead atoms. The number of hydrogen-bond acceptors (Lipinski definition) is 5. The maximum Gasteiger partial charge on any atom is 0.516 e. The van der Waals surface area contributed by atoms with Crippen LogP contribution >= 0.6 is 0 Å². The first kappa shape index (κ1) is 16.7. The number of carbonyl (C=O) groups is 1. The molecule has 1 fully saturated rings. The fourth-order valence-electron chi connectivity index (χ4n) is 2.49. The fourth-order valence-corrected chi connectivity index (χ4v) is 2.49. The normalized spacial score (nSPS) is 18.6. The molecule has 1 aliphatic rings. The Kier molecular flexibility index (Phi) is 4.01. The minimum atomic E-state index is -0.636. The van der Waals surface area contributed by atoms with Crippen LogP contribution in [0.15, 0.2) is 36.4 Å². The summed E-state index contributed by atoms with van der Waals surface area (Å²) in [5.41, 5.74) is 0.686. The second-order valence-electron chi connectivity index (χ2n) is 6.78. The van der Waals surface area contributed by atoms with Crippen molar-refractivity contribution in [1.29, 1.82) is 0 Å². The van der Waals surface area contributed by atoms with Crippen LogP contribution in [0.1, 0.15) is 38.2 Å². The first-order valence-corrected chi connectivity index (χ1v) is 7.84. The quantitative estimate of drug-likeness (QED) is 0.637. The first-order valence-electron chi connectivity index (χ1n) is 7.84. The molecule has 0 radical (unpaired) electrons. The van der Waals surface area contributed by atoms with Gasteiger partial charge in [0.15, 0.2) is 5.69 Å². The maximum atomic E-state index is 12.1. The molecule has 3 rings (SSSR count). The molecule has 0 saturated carbocycles.